The zero-order valence-electron chi connectivity index (χ0n) is 30.7. The summed E-state index contributed by atoms with van der Waals surface area (Å²) in [6.45, 7) is 11.9. The molecule has 2 aliphatic heterocycles. The van der Waals surface area contributed by atoms with E-state index < -0.39 is 87.5 Å². The summed E-state index contributed by atoms with van der Waals surface area (Å²) in [4.78, 5) is 82.3. The van der Waals surface area contributed by atoms with Gasteiger partial charge in [0.25, 0.3) is 11.8 Å². The molecule has 2 heterocycles. The minimum Gasteiger partial charge on any atom is -0.444 e. The van der Waals surface area contributed by atoms with Gasteiger partial charge in [-0.1, -0.05) is 18.6 Å². The summed E-state index contributed by atoms with van der Waals surface area (Å²) in [5, 5.41) is 14.8. The summed E-state index contributed by atoms with van der Waals surface area (Å²) >= 11 is 0.997. The van der Waals surface area contributed by atoms with Crippen LogP contribution in [-0.4, -0.2) is 98.0 Å². The van der Waals surface area contributed by atoms with Crippen molar-refractivity contribution in [2.75, 3.05) is 11.5 Å². The van der Waals surface area contributed by atoms with Crippen molar-refractivity contribution in [1.82, 2.24) is 10.4 Å². The van der Waals surface area contributed by atoms with Gasteiger partial charge in [0, 0.05) is 35.3 Å². The van der Waals surface area contributed by atoms with Gasteiger partial charge in [-0.3, -0.25) is 19.2 Å². The number of imide groups is 1. The van der Waals surface area contributed by atoms with Gasteiger partial charge in [-0.15, -0.1) is 5.06 Å². The quantitative estimate of drug-likeness (QED) is 0.342. The number of alkyl carbamates (subject to hydrolysis) is 1. The number of aliphatic hydroxyl groups excluding tert-OH is 1. The van der Waals surface area contributed by atoms with E-state index in [9.17, 15) is 33.9 Å². The monoisotopic (exact) mass is 748 g/mol. The number of ketones is 2. The van der Waals surface area contributed by atoms with E-state index >= 15 is 4.39 Å². The maximum Gasteiger partial charge on any atom is 0.408 e. The number of alkyl halides is 1. The second-order valence-electron chi connectivity index (χ2n) is 16.8. The molecule has 0 aromatic carbocycles. The van der Waals surface area contributed by atoms with Gasteiger partial charge in [0.2, 0.25) is 0 Å². The summed E-state index contributed by atoms with van der Waals surface area (Å²) in [7, 11) is 0. The van der Waals surface area contributed by atoms with Crippen LogP contribution in [0.4, 0.5) is 9.18 Å². The molecule has 9 atom stereocenters. The van der Waals surface area contributed by atoms with Crippen molar-refractivity contribution in [3.05, 3.63) is 23.8 Å². The van der Waals surface area contributed by atoms with Crippen molar-refractivity contribution in [2.24, 2.45) is 22.7 Å². The van der Waals surface area contributed by atoms with Crippen LogP contribution in [-0.2, 0) is 43.0 Å². The lowest BCUT2D eigenvalue weighted by Crippen LogP contribution is -2.68. The number of carbonyl (C=O) groups is 6. The molecule has 1 unspecified atom stereocenters. The molecule has 52 heavy (non-hydrogen) atoms. The highest BCUT2D eigenvalue weighted by Crippen LogP contribution is 2.71. The van der Waals surface area contributed by atoms with Gasteiger partial charge < -0.3 is 29.5 Å². The van der Waals surface area contributed by atoms with Crippen LogP contribution >= 0.6 is 11.8 Å². The Morgan fingerprint density at radius 1 is 1.10 bits per heavy atom. The number of thioether (sulfide) groups is 1. The molecular formula is C37H49FN2O11S. The van der Waals surface area contributed by atoms with E-state index in [1.54, 1.807) is 47.6 Å². The topological polar surface area (TPSA) is 175 Å². The Kier molecular flexibility index (Phi) is 9.66. The van der Waals surface area contributed by atoms with E-state index in [1.807, 2.05) is 6.92 Å². The summed E-state index contributed by atoms with van der Waals surface area (Å²) in [5.74, 6) is -5.78. The number of nitrogens with one attached hydrogen (secondary N) is 1. The average Bonchev–Trinajstić information content (AvgIpc) is 3.55. The smallest absolute Gasteiger partial charge is 0.408 e. The van der Waals surface area contributed by atoms with E-state index in [-0.39, 0.29) is 42.3 Å². The lowest BCUT2D eigenvalue weighted by atomic mass is 9.48. The lowest BCUT2D eigenvalue weighted by Gasteiger charge is -2.59. The van der Waals surface area contributed by atoms with Crippen molar-refractivity contribution >= 4 is 47.2 Å². The van der Waals surface area contributed by atoms with Gasteiger partial charge in [0.15, 0.2) is 28.6 Å². The molecule has 0 bridgehead atoms. The second kappa shape index (κ2) is 13.0. The van der Waals surface area contributed by atoms with Gasteiger partial charge in [-0.05, 0) is 91.7 Å². The number of amides is 3. The number of rotatable bonds is 8. The van der Waals surface area contributed by atoms with Crippen LogP contribution in [0.1, 0.15) is 93.4 Å². The Labute approximate surface area is 306 Å². The SMILES string of the molecule is CC(C)(C)OC(=O)NC(CSCC(=O)[C@@]12OC(C)(C)O[C@@H]1C[C@H]1[C@H]3CCCC4=CC(=O)C=C[C@]4(C)[C@@]3(F)[C@@H](O)C[C@@]12C)C(=O)ON1C(=O)CCC1=O. The maximum atomic E-state index is 18.0. The number of ether oxygens (including phenoxy) is 3. The number of Topliss-reactive ketones (excluding diaryl/α,β-unsaturated/α-hetero) is 1. The zero-order chi connectivity index (χ0) is 38.2. The predicted octanol–water partition coefficient (Wildman–Crippen LogP) is 4.05. The molecule has 0 aromatic rings. The number of carbonyl (C=O) groups excluding carboxylic acids is 6. The number of halogens is 1. The first-order chi connectivity index (χ1) is 24.1. The van der Waals surface area contributed by atoms with Crippen LogP contribution in [0.3, 0.4) is 0 Å². The highest BCUT2D eigenvalue weighted by Gasteiger charge is 2.79. The third-order valence-corrected chi connectivity index (χ3v) is 13.0. The second-order valence-corrected chi connectivity index (χ2v) is 17.9. The van der Waals surface area contributed by atoms with Gasteiger partial charge in [0.1, 0.15) is 11.6 Å². The van der Waals surface area contributed by atoms with Crippen LogP contribution in [0.5, 0.6) is 0 Å². The standard InChI is InChI=1S/C37H49FN2O11S/c1-32(2,3)49-31(47)39-24(30(46)50-40-28(44)11-12-29(40)45)18-52-19-26(43)37-27(48-33(4,5)51-37)16-23-22-10-8-9-20-15-21(41)13-14-34(20,6)36(22,38)25(42)17-35(23,37)7/h13-15,22-25,27,42H,8-12,16-19H2,1-7H3,(H,39,47)/t22-,23+,24?,25+,27-,34+,35+,36+,37-/m1/s1. The minimum atomic E-state index is -2.12. The molecule has 0 spiro atoms. The van der Waals surface area contributed by atoms with Crippen LogP contribution in [0, 0.1) is 22.7 Å². The summed E-state index contributed by atoms with van der Waals surface area (Å²) in [6, 6.07) is -1.42. The summed E-state index contributed by atoms with van der Waals surface area (Å²) < 4.78 is 36.3. The lowest BCUT2D eigenvalue weighted by molar-refractivity contribution is -0.240. The predicted molar refractivity (Wildman–Crippen MR) is 184 cm³/mol. The van der Waals surface area contributed by atoms with Crippen molar-refractivity contribution in [2.45, 2.75) is 134 Å². The molecule has 2 saturated heterocycles. The number of allylic oxidation sites excluding steroid dienone is 4. The molecule has 6 rings (SSSR count). The van der Waals surface area contributed by atoms with Crippen LogP contribution in [0.2, 0.25) is 0 Å². The largest absolute Gasteiger partial charge is 0.444 e. The molecule has 3 saturated carbocycles. The Morgan fingerprint density at radius 3 is 2.42 bits per heavy atom. The van der Waals surface area contributed by atoms with E-state index in [1.165, 1.54) is 12.2 Å². The minimum absolute atomic E-state index is 0.102. The van der Waals surface area contributed by atoms with Crippen LogP contribution < -0.4 is 5.32 Å². The fourth-order valence-electron chi connectivity index (χ4n) is 9.82. The highest BCUT2D eigenvalue weighted by molar-refractivity contribution is 8.00. The first-order valence-corrected chi connectivity index (χ1v) is 19.1. The van der Waals surface area contributed by atoms with Gasteiger partial charge in [0.05, 0.1) is 18.0 Å². The van der Waals surface area contributed by atoms with E-state index in [0.717, 1.165) is 11.8 Å². The van der Waals surface area contributed by atoms with E-state index in [2.05, 4.69) is 5.32 Å². The molecule has 0 radical (unpaired) electrons. The number of hydrogen-bond donors (Lipinski definition) is 2. The Bertz CT molecular complexity index is 1620. The van der Waals surface area contributed by atoms with Crippen molar-refractivity contribution in [3.63, 3.8) is 0 Å². The van der Waals surface area contributed by atoms with Gasteiger partial charge >= 0.3 is 12.1 Å². The molecule has 0 aromatic heterocycles. The molecule has 13 nitrogen and oxygen atoms in total. The Morgan fingerprint density at radius 2 is 1.77 bits per heavy atom. The molecule has 15 heteroatoms. The first kappa shape index (κ1) is 38.6. The fraction of sp³-hybridized carbons (Fsp3) is 0.730. The number of nitrogens with zero attached hydrogens (tertiary/aromatic N) is 1. The summed E-state index contributed by atoms with van der Waals surface area (Å²) in [6.07, 6.45) is 2.77. The Balaban J connectivity index is 1.26. The first-order valence-electron chi connectivity index (χ1n) is 18.0. The van der Waals surface area contributed by atoms with E-state index in [0.29, 0.717) is 36.3 Å². The average molecular weight is 749 g/mol. The number of hydroxylamine groups is 2. The van der Waals surface area contributed by atoms with Gasteiger partial charge in [-0.2, -0.15) is 11.8 Å². The Hall–Kier alpha value is -3.14. The molecule has 5 fully saturated rings. The summed E-state index contributed by atoms with van der Waals surface area (Å²) in [5.41, 5.74) is -6.23. The normalized spacial score (nSPS) is 38.4. The van der Waals surface area contributed by atoms with Gasteiger partial charge in [-0.25, -0.2) is 14.0 Å². The van der Waals surface area contributed by atoms with Crippen LogP contribution in [0.25, 0.3) is 0 Å². The molecule has 286 valence electrons. The highest BCUT2D eigenvalue weighted by atomic mass is 32.2. The zero-order valence-corrected chi connectivity index (χ0v) is 31.6. The van der Waals surface area contributed by atoms with Crippen molar-refractivity contribution in [1.29, 1.82) is 0 Å². The molecule has 4 aliphatic carbocycles. The maximum absolute atomic E-state index is 18.0. The molecule has 6 aliphatic rings. The number of hydrogen-bond acceptors (Lipinski definition) is 12. The molecule has 3 amide bonds. The molecule has 2 N–H and O–H groups in total. The fourth-order valence-corrected chi connectivity index (χ4v) is 10.8. The molecular weight excluding hydrogens is 699 g/mol. The van der Waals surface area contributed by atoms with Crippen molar-refractivity contribution < 1.29 is 57.3 Å². The third-order valence-electron chi connectivity index (χ3n) is 12.0. The van der Waals surface area contributed by atoms with Crippen LogP contribution in [0.15, 0.2) is 23.8 Å². The number of aliphatic hydroxyl groups is 1. The number of fused-ring (bicyclic) bond motifs is 7. The third kappa shape index (κ3) is 6.12. The van der Waals surface area contributed by atoms with E-state index in [4.69, 9.17) is 19.0 Å². The van der Waals surface area contributed by atoms with Crippen molar-refractivity contribution in [3.8, 4) is 0 Å².